The molecule has 2 amide bonds. The third-order valence-electron chi connectivity index (χ3n) is 4.88. The van der Waals surface area contributed by atoms with Crippen molar-refractivity contribution in [2.75, 3.05) is 17.3 Å². The number of benzene rings is 2. The van der Waals surface area contributed by atoms with Gasteiger partial charge in [-0.3, -0.25) is 9.59 Å². The third-order valence-corrected chi connectivity index (χ3v) is 4.88. The van der Waals surface area contributed by atoms with Gasteiger partial charge in [0.1, 0.15) is 11.2 Å². The van der Waals surface area contributed by atoms with Crippen LogP contribution in [-0.2, 0) is 16.0 Å². The van der Waals surface area contributed by atoms with E-state index in [-0.39, 0.29) is 17.9 Å². The van der Waals surface area contributed by atoms with Crippen LogP contribution in [0.1, 0.15) is 26.3 Å². The van der Waals surface area contributed by atoms with E-state index in [1.165, 1.54) is 0 Å². The molecule has 0 spiro atoms. The molecule has 0 fully saturated rings. The van der Waals surface area contributed by atoms with Crippen molar-refractivity contribution in [2.24, 2.45) is 5.41 Å². The summed E-state index contributed by atoms with van der Waals surface area (Å²) in [6, 6.07) is 14.9. The lowest BCUT2D eigenvalue weighted by Crippen LogP contribution is -2.49. The summed E-state index contributed by atoms with van der Waals surface area (Å²) in [6.07, 6.45) is 0.804. The molecule has 2 aromatic carbocycles. The largest absolute Gasteiger partial charge is 0.497 e. The summed E-state index contributed by atoms with van der Waals surface area (Å²) < 4.78 is 5.12. The Morgan fingerprint density at radius 3 is 2.42 bits per heavy atom. The quantitative estimate of drug-likeness (QED) is 0.855. The lowest BCUT2D eigenvalue weighted by Gasteiger charge is -2.31. The van der Waals surface area contributed by atoms with Gasteiger partial charge in [-0.05, 0) is 63.1 Å². The molecule has 136 valence electrons. The van der Waals surface area contributed by atoms with Crippen LogP contribution in [0.4, 0.5) is 11.4 Å². The topological polar surface area (TPSA) is 58.6 Å². The molecule has 2 aromatic rings. The van der Waals surface area contributed by atoms with E-state index >= 15 is 0 Å². The van der Waals surface area contributed by atoms with Crippen molar-refractivity contribution in [3.05, 3.63) is 54.1 Å². The SMILES string of the molecule is COc1ccc(NC(=O)C(C)(C)C(=O)N2c3ccccc3CC2C)cc1. The summed E-state index contributed by atoms with van der Waals surface area (Å²) in [6.45, 7) is 5.35. The van der Waals surface area contributed by atoms with Crippen LogP contribution in [0.15, 0.2) is 48.5 Å². The normalized spacial score (nSPS) is 16.2. The van der Waals surface area contributed by atoms with Crippen LogP contribution in [0.3, 0.4) is 0 Å². The number of anilines is 2. The van der Waals surface area contributed by atoms with Crippen molar-refractivity contribution < 1.29 is 14.3 Å². The number of rotatable bonds is 4. The van der Waals surface area contributed by atoms with Crippen molar-refractivity contribution in [2.45, 2.75) is 33.2 Å². The maximum Gasteiger partial charge on any atom is 0.242 e. The van der Waals surface area contributed by atoms with Gasteiger partial charge in [0, 0.05) is 17.4 Å². The van der Waals surface area contributed by atoms with E-state index in [0.29, 0.717) is 11.4 Å². The van der Waals surface area contributed by atoms with Crippen molar-refractivity contribution in [1.29, 1.82) is 0 Å². The molecule has 0 bridgehead atoms. The molecule has 0 aliphatic carbocycles. The Morgan fingerprint density at radius 2 is 1.77 bits per heavy atom. The highest BCUT2D eigenvalue weighted by atomic mass is 16.5. The van der Waals surface area contributed by atoms with Crippen molar-refractivity contribution >= 4 is 23.2 Å². The Balaban J connectivity index is 1.80. The Hall–Kier alpha value is -2.82. The van der Waals surface area contributed by atoms with Gasteiger partial charge in [0.2, 0.25) is 11.8 Å². The zero-order chi connectivity index (χ0) is 18.9. The summed E-state index contributed by atoms with van der Waals surface area (Å²) >= 11 is 0. The van der Waals surface area contributed by atoms with Crippen LogP contribution in [-0.4, -0.2) is 25.0 Å². The highest BCUT2D eigenvalue weighted by Crippen LogP contribution is 2.35. The fourth-order valence-electron chi connectivity index (χ4n) is 3.23. The first kappa shape index (κ1) is 18.0. The number of fused-ring (bicyclic) bond motifs is 1. The van der Waals surface area contributed by atoms with Crippen LogP contribution in [0.5, 0.6) is 5.75 Å². The molecule has 26 heavy (non-hydrogen) atoms. The minimum atomic E-state index is -1.19. The van der Waals surface area contributed by atoms with Crippen molar-refractivity contribution in [1.82, 2.24) is 0 Å². The number of nitrogens with one attached hydrogen (secondary N) is 1. The van der Waals surface area contributed by atoms with E-state index in [2.05, 4.69) is 5.32 Å². The number of carbonyl (C=O) groups is 2. The fraction of sp³-hybridized carbons (Fsp3) is 0.333. The number of carbonyl (C=O) groups excluding carboxylic acids is 2. The number of hydrogen-bond donors (Lipinski definition) is 1. The number of ether oxygens (including phenoxy) is 1. The lowest BCUT2D eigenvalue weighted by atomic mass is 9.89. The number of para-hydroxylation sites is 1. The number of nitrogens with zero attached hydrogens (tertiary/aromatic N) is 1. The van der Waals surface area contributed by atoms with Crippen LogP contribution >= 0.6 is 0 Å². The number of amides is 2. The van der Waals surface area contributed by atoms with E-state index in [1.54, 1.807) is 50.1 Å². The molecule has 1 unspecified atom stereocenters. The summed E-state index contributed by atoms with van der Waals surface area (Å²) in [5.74, 6) is 0.186. The summed E-state index contributed by atoms with van der Waals surface area (Å²) in [4.78, 5) is 27.8. The van der Waals surface area contributed by atoms with E-state index in [0.717, 1.165) is 17.7 Å². The van der Waals surface area contributed by atoms with Gasteiger partial charge in [-0.1, -0.05) is 18.2 Å². The van der Waals surface area contributed by atoms with Crippen LogP contribution in [0.2, 0.25) is 0 Å². The molecule has 1 aliphatic rings. The summed E-state index contributed by atoms with van der Waals surface area (Å²) in [5, 5.41) is 2.83. The van der Waals surface area contributed by atoms with Crippen LogP contribution in [0.25, 0.3) is 0 Å². The van der Waals surface area contributed by atoms with Gasteiger partial charge in [-0.15, -0.1) is 0 Å². The van der Waals surface area contributed by atoms with Crippen LogP contribution < -0.4 is 15.0 Å². The average molecular weight is 352 g/mol. The maximum atomic E-state index is 13.2. The Kier molecular flexibility index (Phi) is 4.72. The minimum Gasteiger partial charge on any atom is -0.497 e. The van der Waals surface area contributed by atoms with Gasteiger partial charge in [0.05, 0.1) is 7.11 Å². The molecule has 0 saturated heterocycles. The molecular formula is C21H24N2O3. The van der Waals surface area contributed by atoms with Crippen molar-refractivity contribution in [3.8, 4) is 5.75 Å². The Bertz CT molecular complexity index is 827. The zero-order valence-electron chi connectivity index (χ0n) is 15.6. The third kappa shape index (κ3) is 3.17. The lowest BCUT2D eigenvalue weighted by molar-refractivity contribution is -0.136. The van der Waals surface area contributed by atoms with Gasteiger partial charge in [0.25, 0.3) is 0 Å². The Morgan fingerprint density at radius 1 is 1.12 bits per heavy atom. The highest BCUT2D eigenvalue weighted by Gasteiger charge is 2.43. The second-order valence-electron chi connectivity index (χ2n) is 7.16. The first-order valence-corrected chi connectivity index (χ1v) is 8.71. The second-order valence-corrected chi connectivity index (χ2v) is 7.16. The molecule has 5 nitrogen and oxygen atoms in total. The molecule has 1 N–H and O–H groups in total. The molecule has 1 atom stereocenters. The molecule has 3 rings (SSSR count). The van der Waals surface area contributed by atoms with Crippen molar-refractivity contribution in [3.63, 3.8) is 0 Å². The van der Waals surface area contributed by atoms with E-state index < -0.39 is 5.41 Å². The maximum absolute atomic E-state index is 13.2. The predicted octanol–water partition coefficient (Wildman–Crippen LogP) is 3.64. The van der Waals surface area contributed by atoms with Gasteiger partial charge in [0.15, 0.2) is 0 Å². The van der Waals surface area contributed by atoms with E-state index in [4.69, 9.17) is 4.74 Å². The van der Waals surface area contributed by atoms with Gasteiger partial charge >= 0.3 is 0 Å². The fourth-order valence-corrected chi connectivity index (χ4v) is 3.23. The monoisotopic (exact) mass is 352 g/mol. The highest BCUT2D eigenvalue weighted by molar-refractivity contribution is 6.15. The zero-order valence-corrected chi connectivity index (χ0v) is 15.6. The molecule has 0 aromatic heterocycles. The molecular weight excluding hydrogens is 328 g/mol. The molecule has 1 aliphatic heterocycles. The second kappa shape index (κ2) is 6.83. The molecule has 1 heterocycles. The summed E-state index contributed by atoms with van der Waals surface area (Å²) in [5.41, 5.74) is 1.48. The molecule has 5 heteroatoms. The Labute approximate surface area is 154 Å². The minimum absolute atomic E-state index is 0.0351. The smallest absolute Gasteiger partial charge is 0.242 e. The average Bonchev–Trinajstić information content (AvgIpc) is 2.97. The summed E-state index contributed by atoms with van der Waals surface area (Å²) in [7, 11) is 1.59. The molecule has 0 radical (unpaired) electrons. The molecule has 0 saturated carbocycles. The van der Waals surface area contributed by atoms with E-state index in [9.17, 15) is 9.59 Å². The predicted molar refractivity (Wildman–Crippen MR) is 102 cm³/mol. The van der Waals surface area contributed by atoms with Gasteiger partial charge < -0.3 is 15.0 Å². The van der Waals surface area contributed by atoms with Gasteiger partial charge in [-0.25, -0.2) is 0 Å². The van der Waals surface area contributed by atoms with Gasteiger partial charge in [-0.2, -0.15) is 0 Å². The first-order valence-electron chi connectivity index (χ1n) is 8.71. The van der Waals surface area contributed by atoms with Crippen LogP contribution in [0, 0.1) is 5.41 Å². The van der Waals surface area contributed by atoms with E-state index in [1.807, 2.05) is 31.2 Å². The number of methoxy groups -OCH3 is 1. The number of hydrogen-bond acceptors (Lipinski definition) is 3. The first-order chi connectivity index (χ1) is 12.3. The standard InChI is InChI=1S/C21H24N2O3/c1-14-13-15-7-5-6-8-18(15)23(14)20(25)21(2,3)19(24)22-16-9-11-17(26-4)12-10-16/h5-12,14H,13H2,1-4H3,(H,22,24).